The molecule has 134 valence electrons. The summed E-state index contributed by atoms with van der Waals surface area (Å²) in [5.41, 5.74) is 1.57. The van der Waals surface area contributed by atoms with Crippen molar-refractivity contribution < 1.29 is 9.32 Å². The second kappa shape index (κ2) is 6.64. The number of amides is 1. The molecule has 6 nitrogen and oxygen atoms in total. The Labute approximate surface area is 155 Å². The van der Waals surface area contributed by atoms with E-state index >= 15 is 0 Å². The van der Waals surface area contributed by atoms with Gasteiger partial charge in [0.25, 0.3) is 11.8 Å². The quantitative estimate of drug-likeness (QED) is 0.705. The summed E-state index contributed by atoms with van der Waals surface area (Å²) in [6.07, 6.45) is 5.25. The third kappa shape index (κ3) is 3.03. The van der Waals surface area contributed by atoms with E-state index in [1.807, 2.05) is 35.4 Å². The Hall–Kier alpha value is -2.54. The molecule has 4 heterocycles. The Morgan fingerprint density at radius 2 is 2.12 bits per heavy atom. The van der Waals surface area contributed by atoms with E-state index in [0.29, 0.717) is 18.3 Å². The van der Waals surface area contributed by atoms with Gasteiger partial charge in [-0.1, -0.05) is 12.1 Å². The predicted octanol–water partition coefficient (Wildman–Crippen LogP) is 3.70. The molecule has 0 aliphatic carbocycles. The molecule has 0 saturated carbocycles. The van der Waals surface area contributed by atoms with Gasteiger partial charge in [-0.15, -0.1) is 11.3 Å². The Morgan fingerprint density at radius 3 is 2.85 bits per heavy atom. The average Bonchev–Trinajstić information content (AvgIpc) is 3.31. The van der Waals surface area contributed by atoms with E-state index in [0.717, 1.165) is 35.4 Å². The van der Waals surface area contributed by atoms with Crippen LogP contribution < -0.4 is 0 Å². The monoisotopic (exact) mass is 368 g/mol. The number of hydrogen-bond acceptors (Lipinski definition) is 6. The summed E-state index contributed by atoms with van der Waals surface area (Å²) in [4.78, 5) is 24.3. The maximum atomic E-state index is 12.9. The van der Waals surface area contributed by atoms with E-state index in [1.165, 1.54) is 11.3 Å². The molecule has 1 aliphatic heterocycles. The summed E-state index contributed by atoms with van der Waals surface area (Å²) >= 11 is 1.50. The Bertz CT molecular complexity index is 921. The molecular formula is C19H20N4O2S. The third-order valence-electron chi connectivity index (χ3n) is 4.93. The standard InChI is InChI=1S/C19H20N4O2S/c1-13-6-11-26-15(13)17(24)23-10-3-7-19(2,12-23)18-21-16(25-22-18)14-4-8-20-9-5-14/h4-6,8-9,11H,3,7,10,12H2,1-2H3. The minimum Gasteiger partial charge on any atom is -0.337 e. The van der Waals surface area contributed by atoms with Gasteiger partial charge in [-0.2, -0.15) is 4.98 Å². The number of carbonyl (C=O) groups excluding carboxylic acids is 1. The maximum absolute atomic E-state index is 12.9. The number of thiophene rings is 1. The Balaban J connectivity index is 1.57. The molecule has 1 saturated heterocycles. The predicted molar refractivity (Wildman–Crippen MR) is 99.1 cm³/mol. The molecule has 7 heteroatoms. The molecule has 26 heavy (non-hydrogen) atoms. The van der Waals surface area contributed by atoms with Crippen LogP contribution in [0.3, 0.4) is 0 Å². The highest BCUT2D eigenvalue weighted by molar-refractivity contribution is 7.12. The molecule has 0 N–H and O–H groups in total. The molecule has 3 aromatic rings. The van der Waals surface area contributed by atoms with Crippen LogP contribution in [0.4, 0.5) is 0 Å². The molecule has 1 fully saturated rings. The van der Waals surface area contributed by atoms with Gasteiger partial charge in [-0.25, -0.2) is 0 Å². The topological polar surface area (TPSA) is 72.1 Å². The fourth-order valence-corrected chi connectivity index (χ4v) is 4.30. The second-order valence-electron chi connectivity index (χ2n) is 6.98. The zero-order chi connectivity index (χ0) is 18.1. The number of rotatable bonds is 3. The van der Waals surface area contributed by atoms with Gasteiger partial charge in [-0.3, -0.25) is 9.78 Å². The van der Waals surface area contributed by atoms with Crippen molar-refractivity contribution in [1.29, 1.82) is 0 Å². The maximum Gasteiger partial charge on any atom is 0.264 e. The van der Waals surface area contributed by atoms with Crippen LogP contribution in [0.5, 0.6) is 0 Å². The number of piperidine rings is 1. The van der Waals surface area contributed by atoms with Gasteiger partial charge >= 0.3 is 0 Å². The molecule has 4 rings (SSSR count). The fraction of sp³-hybridized carbons (Fsp3) is 0.368. The molecule has 1 unspecified atom stereocenters. The number of aryl methyl sites for hydroxylation is 1. The molecule has 0 aromatic carbocycles. The Kier molecular flexibility index (Phi) is 4.32. The van der Waals surface area contributed by atoms with Crippen molar-refractivity contribution in [2.75, 3.05) is 13.1 Å². The number of aromatic nitrogens is 3. The van der Waals surface area contributed by atoms with Crippen molar-refractivity contribution >= 4 is 17.2 Å². The first-order valence-corrected chi connectivity index (χ1v) is 9.53. The number of hydrogen-bond donors (Lipinski definition) is 0. The number of nitrogens with zero attached hydrogens (tertiary/aromatic N) is 4. The van der Waals surface area contributed by atoms with E-state index in [1.54, 1.807) is 12.4 Å². The highest BCUT2D eigenvalue weighted by Gasteiger charge is 2.39. The van der Waals surface area contributed by atoms with Crippen LogP contribution in [0, 0.1) is 6.92 Å². The lowest BCUT2D eigenvalue weighted by atomic mass is 9.81. The van der Waals surface area contributed by atoms with Gasteiger partial charge in [0.15, 0.2) is 5.82 Å². The van der Waals surface area contributed by atoms with Crippen LogP contribution in [0.15, 0.2) is 40.5 Å². The van der Waals surface area contributed by atoms with Crippen LogP contribution in [-0.4, -0.2) is 39.0 Å². The first kappa shape index (κ1) is 16.9. The van der Waals surface area contributed by atoms with Crippen molar-refractivity contribution in [2.24, 2.45) is 0 Å². The van der Waals surface area contributed by atoms with E-state index in [-0.39, 0.29) is 11.3 Å². The van der Waals surface area contributed by atoms with Crippen molar-refractivity contribution in [3.05, 3.63) is 52.2 Å². The summed E-state index contributed by atoms with van der Waals surface area (Å²) in [6.45, 7) is 5.45. The van der Waals surface area contributed by atoms with E-state index < -0.39 is 0 Å². The highest BCUT2D eigenvalue weighted by Crippen LogP contribution is 2.34. The molecule has 1 atom stereocenters. The van der Waals surface area contributed by atoms with E-state index in [2.05, 4.69) is 22.0 Å². The largest absolute Gasteiger partial charge is 0.337 e. The number of carbonyl (C=O) groups is 1. The van der Waals surface area contributed by atoms with Gasteiger partial charge < -0.3 is 9.42 Å². The average molecular weight is 368 g/mol. The molecule has 0 bridgehead atoms. The highest BCUT2D eigenvalue weighted by atomic mass is 32.1. The first-order valence-electron chi connectivity index (χ1n) is 8.65. The summed E-state index contributed by atoms with van der Waals surface area (Å²) in [6, 6.07) is 5.67. The second-order valence-corrected chi connectivity index (χ2v) is 7.90. The van der Waals surface area contributed by atoms with Crippen molar-refractivity contribution in [3.8, 4) is 11.5 Å². The lowest BCUT2D eigenvalue weighted by Gasteiger charge is -2.38. The smallest absolute Gasteiger partial charge is 0.264 e. The zero-order valence-corrected chi connectivity index (χ0v) is 15.6. The summed E-state index contributed by atoms with van der Waals surface area (Å²) in [7, 11) is 0. The molecule has 3 aromatic heterocycles. The van der Waals surface area contributed by atoms with Gasteiger partial charge in [0, 0.05) is 36.5 Å². The fourth-order valence-electron chi connectivity index (χ4n) is 3.41. The van der Waals surface area contributed by atoms with Gasteiger partial charge in [-0.05, 0) is 48.9 Å². The molecular weight excluding hydrogens is 348 g/mol. The van der Waals surface area contributed by atoms with Crippen molar-refractivity contribution in [1.82, 2.24) is 20.0 Å². The van der Waals surface area contributed by atoms with Gasteiger partial charge in [0.2, 0.25) is 0 Å². The van der Waals surface area contributed by atoms with E-state index in [9.17, 15) is 4.79 Å². The van der Waals surface area contributed by atoms with Crippen LogP contribution in [0.2, 0.25) is 0 Å². The molecule has 0 radical (unpaired) electrons. The van der Waals surface area contributed by atoms with E-state index in [4.69, 9.17) is 4.52 Å². The van der Waals surface area contributed by atoms with Gasteiger partial charge in [0.1, 0.15) is 0 Å². The third-order valence-corrected chi connectivity index (χ3v) is 5.94. The van der Waals surface area contributed by atoms with Crippen molar-refractivity contribution in [3.63, 3.8) is 0 Å². The Morgan fingerprint density at radius 1 is 1.31 bits per heavy atom. The summed E-state index contributed by atoms with van der Waals surface area (Å²) in [5, 5.41) is 6.18. The lowest BCUT2D eigenvalue weighted by Crippen LogP contribution is -2.47. The minimum absolute atomic E-state index is 0.0984. The molecule has 1 amide bonds. The first-order chi connectivity index (χ1) is 12.6. The number of pyridine rings is 1. The van der Waals surface area contributed by atoms with Crippen LogP contribution in [0.25, 0.3) is 11.5 Å². The van der Waals surface area contributed by atoms with Crippen LogP contribution >= 0.6 is 11.3 Å². The van der Waals surface area contributed by atoms with Crippen LogP contribution in [-0.2, 0) is 5.41 Å². The molecule has 1 aliphatic rings. The van der Waals surface area contributed by atoms with Crippen molar-refractivity contribution in [2.45, 2.75) is 32.1 Å². The zero-order valence-electron chi connectivity index (χ0n) is 14.8. The van der Waals surface area contributed by atoms with Gasteiger partial charge in [0.05, 0.1) is 4.88 Å². The summed E-state index contributed by atoms with van der Waals surface area (Å²) < 4.78 is 5.47. The lowest BCUT2D eigenvalue weighted by molar-refractivity contribution is 0.0646. The molecule has 0 spiro atoms. The summed E-state index contributed by atoms with van der Waals surface area (Å²) in [5.74, 6) is 1.24. The normalized spacial score (nSPS) is 20.3. The number of likely N-dealkylation sites (tertiary alicyclic amines) is 1. The SMILES string of the molecule is Cc1ccsc1C(=O)N1CCCC(C)(c2noc(-c3ccncc3)n2)C1. The minimum atomic E-state index is -0.312. The van der Waals surface area contributed by atoms with Crippen LogP contribution in [0.1, 0.15) is 40.8 Å².